The van der Waals surface area contributed by atoms with Crippen LogP contribution >= 0.6 is 11.3 Å². The lowest BCUT2D eigenvalue weighted by molar-refractivity contribution is -0.143. The Morgan fingerprint density at radius 1 is 1.52 bits per heavy atom. The SMILES string of the molecule is CCOC(=O)CCc1csc(NC2CN3CCC2CC3)n1. The topological polar surface area (TPSA) is 54.5 Å². The summed E-state index contributed by atoms with van der Waals surface area (Å²) in [5.74, 6) is 0.652. The summed E-state index contributed by atoms with van der Waals surface area (Å²) in [6.07, 6.45) is 3.69. The molecule has 0 aromatic carbocycles. The Bertz CT molecular complexity index is 483. The minimum absolute atomic E-state index is 0.141. The predicted octanol–water partition coefficient (Wildman–Crippen LogP) is 2.14. The summed E-state index contributed by atoms with van der Waals surface area (Å²) in [6.45, 7) is 5.93. The highest BCUT2D eigenvalue weighted by atomic mass is 32.1. The van der Waals surface area contributed by atoms with E-state index in [0.717, 1.165) is 23.3 Å². The number of anilines is 1. The Hall–Kier alpha value is -1.14. The van der Waals surface area contributed by atoms with Crippen molar-refractivity contribution in [3.8, 4) is 0 Å². The molecule has 1 N–H and O–H groups in total. The minimum atomic E-state index is -0.141. The van der Waals surface area contributed by atoms with Crippen LogP contribution in [0.2, 0.25) is 0 Å². The second-order valence-corrected chi connectivity index (χ2v) is 6.70. The number of aromatic nitrogens is 1. The normalized spacial score (nSPS) is 27.6. The van der Waals surface area contributed by atoms with Gasteiger partial charge in [0.15, 0.2) is 5.13 Å². The van der Waals surface area contributed by atoms with Crippen molar-refractivity contribution >= 4 is 22.4 Å². The average Bonchev–Trinajstić information content (AvgIpc) is 2.94. The summed E-state index contributed by atoms with van der Waals surface area (Å²) in [5, 5.41) is 6.63. The van der Waals surface area contributed by atoms with E-state index < -0.39 is 0 Å². The first kappa shape index (κ1) is 14.8. The van der Waals surface area contributed by atoms with Crippen LogP contribution in [0.25, 0.3) is 0 Å². The van der Waals surface area contributed by atoms with Gasteiger partial charge in [0.25, 0.3) is 0 Å². The molecule has 4 rings (SSSR count). The van der Waals surface area contributed by atoms with Crippen molar-refractivity contribution in [1.29, 1.82) is 0 Å². The molecule has 3 aliphatic rings. The first-order valence-electron chi connectivity index (χ1n) is 7.83. The van der Waals surface area contributed by atoms with Gasteiger partial charge in [-0.25, -0.2) is 4.98 Å². The molecule has 1 atom stereocenters. The Labute approximate surface area is 129 Å². The van der Waals surface area contributed by atoms with E-state index in [0.29, 0.717) is 25.5 Å². The summed E-state index contributed by atoms with van der Waals surface area (Å²) >= 11 is 1.64. The number of esters is 1. The fourth-order valence-corrected chi connectivity index (χ4v) is 4.05. The molecule has 3 fully saturated rings. The number of rotatable bonds is 6. The molecule has 5 nitrogen and oxygen atoms in total. The van der Waals surface area contributed by atoms with Gasteiger partial charge in [0.05, 0.1) is 18.7 Å². The first-order valence-corrected chi connectivity index (χ1v) is 8.71. The monoisotopic (exact) mass is 309 g/mol. The number of piperidine rings is 3. The van der Waals surface area contributed by atoms with E-state index in [1.807, 2.05) is 12.3 Å². The standard InChI is InChI=1S/C15H23N3O2S/c1-2-20-14(19)4-3-12-10-21-15(16-12)17-13-9-18-7-5-11(13)6-8-18/h10-11,13H,2-9H2,1H3,(H,16,17). The number of fused-ring (bicyclic) bond motifs is 3. The second-order valence-electron chi connectivity index (χ2n) is 5.84. The van der Waals surface area contributed by atoms with Gasteiger partial charge in [0, 0.05) is 24.4 Å². The lowest BCUT2D eigenvalue weighted by atomic mass is 9.84. The molecule has 1 unspecified atom stereocenters. The molecule has 0 aliphatic carbocycles. The third-order valence-corrected chi connectivity index (χ3v) is 5.23. The molecule has 6 heteroatoms. The summed E-state index contributed by atoms with van der Waals surface area (Å²) < 4.78 is 4.94. The Balaban J connectivity index is 1.50. The zero-order valence-corrected chi connectivity index (χ0v) is 13.3. The molecule has 1 aromatic rings. The third-order valence-electron chi connectivity index (χ3n) is 4.41. The zero-order chi connectivity index (χ0) is 14.7. The van der Waals surface area contributed by atoms with Crippen molar-refractivity contribution in [3.05, 3.63) is 11.1 Å². The molecule has 2 bridgehead atoms. The summed E-state index contributed by atoms with van der Waals surface area (Å²) in [6, 6.07) is 0.538. The van der Waals surface area contributed by atoms with Crippen molar-refractivity contribution in [3.63, 3.8) is 0 Å². The molecular formula is C15H23N3O2S. The molecule has 4 heterocycles. The highest BCUT2D eigenvalue weighted by molar-refractivity contribution is 7.13. The van der Waals surface area contributed by atoms with E-state index in [-0.39, 0.29) is 5.97 Å². The van der Waals surface area contributed by atoms with Gasteiger partial charge in [-0.2, -0.15) is 0 Å². The number of nitrogens with one attached hydrogen (secondary N) is 1. The van der Waals surface area contributed by atoms with E-state index in [1.54, 1.807) is 11.3 Å². The van der Waals surface area contributed by atoms with E-state index in [4.69, 9.17) is 4.74 Å². The maximum Gasteiger partial charge on any atom is 0.306 e. The summed E-state index contributed by atoms with van der Waals surface area (Å²) in [4.78, 5) is 18.5. The number of carbonyl (C=O) groups is 1. The quantitative estimate of drug-likeness (QED) is 0.816. The van der Waals surface area contributed by atoms with Crippen LogP contribution in [0.5, 0.6) is 0 Å². The van der Waals surface area contributed by atoms with Gasteiger partial charge in [-0.05, 0) is 38.8 Å². The van der Waals surface area contributed by atoms with Crippen LogP contribution in [0.3, 0.4) is 0 Å². The molecule has 116 valence electrons. The van der Waals surface area contributed by atoms with Crippen molar-refractivity contribution in [2.24, 2.45) is 5.92 Å². The van der Waals surface area contributed by atoms with Crippen LogP contribution in [0, 0.1) is 5.92 Å². The Morgan fingerprint density at radius 3 is 3.00 bits per heavy atom. The lowest BCUT2D eigenvalue weighted by Crippen LogP contribution is -2.53. The fourth-order valence-electron chi connectivity index (χ4n) is 3.24. The van der Waals surface area contributed by atoms with Crippen LogP contribution in [-0.2, 0) is 16.0 Å². The number of ether oxygens (including phenoxy) is 1. The van der Waals surface area contributed by atoms with Gasteiger partial charge < -0.3 is 15.0 Å². The third kappa shape index (κ3) is 3.74. The number of aryl methyl sites for hydroxylation is 1. The van der Waals surface area contributed by atoms with E-state index in [9.17, 15) is 4.79 Å². The van der Waals surface area contributed by atoms with E-state index in [1.165, 1.54) is 25.9 Å². The number of hydrogen-bond acceptors (Lipinski definition) is 6. The Morgan fingerprint density at radius 2 is 2.33 bits per heavy atom. The van der Waals surface area contributed by atoms with Gasteiger partial charge in [0.1, 0.15) is 0 Å². The molecule has 0 spiro atoms. The zero-order valence-electron chi connectivity index (χ0n) is 12.5. The van der Waals surface area contributed by atoms with E-state index in [2.05, 4.69) is 15.2 Å². The van der Waals surface area contributed by atoms with Gasteiger partial charge in [-0.3, -0.25) is 4.79 Å². The number of thiazole rings is 1. The van der Waals surface area contributed by atoms with Crippen LogP contribution < -0.4 is 5.32 Å². The molecule has 3 aliphatic heterocycles. The average molecular weight is 309 g/mol. The molecule has 0 saturated carbocycles. The van der Waals surface area contributed by atoms with E-state index >= 15 is 0 Å². The van der Waals surface area contributed by atoms with Crippen molar-refractivity contribution in [2.45, 2.75) is 38.6 Å². The summed E-state index contributed by atoms with van der Waals surface area (Å²) in [7, 11) is 0. The van der Waals surface area contributed by atoms with Gasteiger partial charge in [-0.1, -0.05) is 0 Å². The van der Waals surface area contributed by atoms with Crippen LogP contribution in [0.4, 0.5) is 5.13 Å². The molecule has 1 aromatic heterocycles. The van der Waals surface area contributed by atoms with Crippen molar-refractivity contribution in [2.75, 3.05) is 31.6 Å². The highest BCUT2D eigenvalue weighted by Crippen LogP contribution is 2.30. The smallest absolute Gasteiger partial charge is 0.306 e. The number of nitrogens with zero attached hydrogens (tertiary/aromatic N) is 2. The fraction of sp³-hybridized carbons (Fsp3) is 0.733. The molecule has 3 saturated heterocycles. The maximum atomic E-state index is 11.4. The van der Waals surface area contributed by atoms with Crippen LogP contribution in [-0.4, -0.2) is 48.1 Å². The molecule has 0 radical (unpaired) electrons. The minimum Gasteiger partial charge on any atom is -0.466 e. The van der Waals surface area contributed by atoms with Crippen molar-refractivity contribution < 1.29 is 9.53 Å². The van der Waals surface area contributed by atoms with Crippen LogP contribution in [0.15, 0.2) is 5.38 Å². The lowest BCUT2D eigenvalue weighted by Gasteiger charge is -2.44. The maximum absolute atomic E-state index is 11.4. The number of carbonyl (C=O) groups excluding carboxylic acids is 1. The first-order chi connectivity index (χ1) is 10.2. The van der Waals surface area contributed by atoms with Gasteiger partial charge >= 0.3 is 5.97 Å². The largest absolute Gasteiger partial charge is 0.466 e. The highest BCUT2D eigenvalue weighted by Gasteiger charge is 2.34. The molecule has 21 heavy (non-hydrogen) atoms. The Kier molecular flexibility index (Phi) is 4.75. The predicted molar refractivity (Wildman–Crippen MR) is 83.6 cm³/mol. The van der Waals surface area contributed by atoms with Crippen LogP contribution in [0.1, 0.15) is 31.9 Å². The molecular weight excluding hydrogens is 286 g/mol. The van der Waals surface area contributed by atoms with Gasteiger partial charge in [0.2, 0.25) is 0 Å². The number of hydrogen-bond donors (Lipinski definition) is 1. The summed E-state index contributed by atoms with van der Waals surface area (Å²) in [5.41, 5.74) is 0.983. The van der Waals surface area contributed by atoms with Gasteiger partial charge in [-0.15, -0.1) is 11.3 Å². The second kappa shape index (κ2) is 6.75. The molecule has 0 amide bonds. The van der Waals surface area contributed by atoms with Crippen molar-refractivity contribution in [1.82, 2.24) is 9.88 Å².